The topological polar surface area (TPSA) is 243 Å². The normalized spacial score (nSPS) is 15.6. The minimum atomic E-state index is -1.75. The number of hydrogen-bond donors (Lipinski definition) is 10. The third-order valence-corrected chi connectivity index (χ3v) is 12.8. The minimum Gasteiger partial charge on any atom is -0.394 e. The molecule has 0 aromatic rings. The number of aliphatic hydroxyl groups is 10. The second kappa shape index (κ2) is 42.9. The lowest BCUT2D eigenvalue weighted by Crippen LogP contribution is -2.50. The molecule has 8 atom stereocenters. The van der Waals surface area contributed by atoms with E-state index < -0.39 is 62.0 Å². The molecule has 0 bridgehead atoms. The van der Waals surface area contributed by atoms with Gasteiger partial charge in [0.05, 0.1) is 13.2 Å². The molecule has 64 heavy (non-hydrogen) atoms. The summed E-state index contributed by atoms with van der Waals surface area (Å²) in [6, 6.07) is 0. The number of hydrogen-bond acceptors (Lipinski definition) is 12. The van der Waals surface area contributed by atoms with E-state index in [1.807, 2.05) is 0 Å². The lowest BCUT2D eigenvalue weighted by Gasteiger charge is -2.30. The van der Waals surface area contributed by atoms with E-state index in [4.69, 9.17) is 10.2 Å². The van der Waals surface area contributed by atoms with Gasteiger partial charge in [-0.2, -0.15) is 0 Å². The first-order chi connectivity index (χ1) is 30.9. The molecule has 0 aliphatic heterocycles. The maximum absolute atomic E-state index is 13.3. The van der Waals surface area contributed by atoms with Gasteiger partial charge in [0.2, 0.25) is 11.8 Å². The summed E-state index contributed by atoms with van der Waals surface area (Å²) < 4.78 is 0. The smallest absolute Gasteiger partial charge is 0.222 e. The molecule has 0 rings (SSSR count). The summed E-state index contributed by atoms with van der Waals surface area (Å²) in [6.45, 7) is 3.30. The van der Waals surface area contributed by atoms with Gasteiger partial charge in [0, 0.05) is 39.0 Å². The number of rotatable bonds is 47. The molecule has 10 N–H and O–H groups in total. The van der Waals surface area contributed by atoms with Gasteiger partial charge in [0.15, 0.2) is 0 Å². The molecule has 0 spiro atoms. The largest absolute Gasteiger partial charge is 0.394 e. The zero-order chi connectivity index (χ0) is 47.8. The van der Waals surface area contributed by atoms with Crippen LogP contribution in [-0.2, 0) is 9.59 Å². The molecule has 14 heteroatoms. The summed E-state index contributed by atoms with van der Waals surface area (Å²) in [6.07, 6.45) is 20.0. The molecule has 0 aromatic carbocycles. The fourth-order valence-electron chi connectivity index (χ4n) is 8.29. The number of carbonyl (C=O) groups excluding carboxylic acids is 2. The van der Waals surface area contributed by atoms with Crippen LogP contribution in [0, 0.1) is 0 Å². The molecule has 382 valence electrons. The van der Waals surface area contributed by atoms with Crippen molar-refractivity contribution in [2.75, 3.05) is 39.4 Å². The van der Waals surface area contributed by atoms with Crippen LogP contribution >= 0.6 is 0 Å². The van der Waals surface area contributed by atoms with Gasteiger partial charge in [-0.05, 0) is 25.7 Å². The third kappa shape index (κ3) is 32.3. The zero-order valence-corrected chi connectivity index (χ0v) is 40.7. The van der Waals surface area contributed by atoms with Crippen molar-refractivity contribution in [1.82, 2.24) is 9.80 Å². The highest BCUT2D eigenvalue weighted by molar-refractivity contribution is 5.76. The molecule has 0 aliphatic carbocycles. The summed E-state index contributed by atoms with van der Waals surface area (Å²) in [4.78, 5) is 29.6. The van der Waals surface area contributed by atoms with Crippen LogP contribution in [0.15, 0.2) is 0 Å². The Kier molecular flexibility index (Phi) is 41.9. The Hall–Kier alpha value is -1.46. The fraction of sp³-hybridized carbons (Fsp3) is 0.960. The van der Waals surface area contributed by atoms with Crippen molar-refractivity contribution >= 4 is 11.8 Å². The van der Waals surface area contributed by atoms with Crippen molar-refractivity contribution in [2.24, 2.45) is 0 Å². The summed E-state index contributed by atoms with van der Waals surface area (Å²) in [5, 5.41) is 100. The van der Waals surface area contributed by atoms with Crippen LogP contribution in [0.4, 0.5) is 0 Å². The van der Waals surface area contributed by atoms with Gasteiger partial charge in [-0.25, -0.2) is 0 Å². The molecule has 0 radical (unpaired) electrons. The highest BCUT2D eigenvalue weighted by Gasteiger charge is 2.33. The Morgan fingerprint density at radius 2 is 0.547 bits per heavy atom. The first kappa shape index (κ1) is 62.5. The molecule has 0 aromatic heterocycles. The standard InChI is InChI=1S/C50H100N2O12/c1-3-5-7-9-11-13-15-17-21-25-29-33-45(59)51(37-41(55)47(61)49(63)43(57)39-53)35-31-27-23-19-20-24-28-32-36-52(38-42(56)48(62)50(64)44(58)40-54)46(60)34-30-26-22-18-16-14-12-10-8-6-4-2/h41-44,47-50,53-58,61-64H,3-40H2,1-2H3/t41-,42-,43+,44+,47+,48+,49+,50+/m0/s1. The monoisotopic (exact) mass is 921 g/mol. The van der Waals surface area contributed by atoms with Crippen LogP contribution in [0.3, 0.4) is 0 Å². The van der Waals surface area contributed by atoms with Crippen LogP contribution in [-0.4, -0.2) is 161 Å². The fourth-order valence-corrected chi connectivity index (χ4v) is 8.29. The number of aliphatic hydroxyl groups excluding tert-OH is 10. The van der Waals surface area contributed by atoms with Crippen molar-refractivity contribution in [3.05, 3.63) is 0 Å². The summed E-state index contributed by atoms with van der Waals surface area (Å²) in [7, 11) is 0. The van der Waals surface area contributed by atoms with Crippen molar-refractivity contribution in [1.29, 1.82) is 0 Å². The Balaban J connectivity index is 4.86. The van der Waals surface area contributed by atoms with E-state index in [0.29, 0.717) is 38.8 Å². The van der Waals surface area contributed by atoms with Crippen LogP contribution in [0.5, 0.6) is 0 Å². The van der Waals surface area contributed by atoms with E-state index in [-0.39, 0.29) is 24.9 Å². The molecule has 0 aliphatic rings. The Bertz CT molecular complexity index is 980. The predicted octanol–water partition coefficient (Wildman–Crippen LogP) is 6.04. The van der Waals surface area contributed by atoms with Crippen molar-refractivity contribution in [2.45, 2.75) is 268 Å². The number of unbranched alkanes of at least 4 members (excludes halogenated alkanes) is 27. The quantitative estimate of drug-likeness (QED) is 0.0315. The lowest BCUT2D eigenvalue weighted by molar-refractivity contribution is -0.140. The first-order valence-electron chi connectivity index (χ1n) is 26.1. The zero-order valence-electron chi connectivity index (χ0n) is 40.7. The van der Waals surface area contributed by atoms with E-state index >= 15 is 0 Å². The summed E-state index contributed by atoms with van der Waals surface area (Å²) in [5.41, 5.74) is 0. The Morgan fingerprint density at radius 3 is 0.797 bits per heavy atom. The maximum Gasteiger partial charge on any atom is 0.222 e. The molecule has 0 heterocycles. The maximum atomic E-state index is 13.3. The molecule has 2 amide bonds. The van der Waals surface area contributed by atoms with Crippen LogP contribution in [0.2, 0.25) is 0 Å². The summed E-state index contributed by atoms with van der Waals surface area (Å²) in [5.74, 6) is -0.238. The van der Waals surface area contributed by atoms with Gasteiger partial charge in [-0.15, -0.1) is 0 Å². The van der Waals surface area contributed by atoms with Crippen molar-refractivity contribution in [3.63, 3.8) is 0 Å². The Morgan fingerprint density at radius 1 is 0.328 bits per heavy atom. The van der Waals surface area contributed by atoms with Gasteiger partial charge in [0.25, 0.3) is 0 Å². The summed E-state index contributed by atoms with van der Waals surface area (Å²) >= 11 is 0. The number of carbonyl (C=O) groups is 2. The first-order valence-corrected chi connectivity index (χ1v) is 26.1. The van der Waals surface area contributed by atoms with Crippen molar-refractivity contribution < 1.29 is 60.7 Å². The third-order valence-electron chi connectivity index (χ3n) is 12.8. The molecular weight excluding hydrogens is 821 g/mol. The minimum absolute atomic E-state index is 0.119. The van der Waals surface area contributed by atoms with Crippen LogP contribution in [0.1, 0.15) is 219 Å². The second-order valence-corrected chi connectivity index (χ2v) is 18.7. The highest BCUT2D eigenvalue weighted by atomic mass is 16.4. The van der Waals surface area contributed by atoms with E-state index in [1.165, 1.54) is 99.7 Å². The molecule has 0 saturated heterocycles. The van der Waals surface area contributed by atoms with E-state index in [9.17, 15) is 50.4 Å². The van der Waals surface area contributed by atoms with Gasteiger partial charge in [-0.3, -0.25) is 9.59 Å². The highest BCUT2D eigenvalue weighted by Crippen LogP contribution is 2.18. The van der Waals surface area contributed by atoms with Crippen LogP contribution < -0.4 is 0 Å². The van der Waals surface area contributed by atoms with Gasteiger partial charge in [-0.1, -0.05) is 181 Å². The van der Waals surface area contributed by atoms with Crippen molar-refractivity contribution in [3.8, 4) is 0 Å². The molecule has 0 unspecified atom stereocenters. The average molecular weight is 921 g/mol. The number of nitrogens with zero attached hydrogens (tertiary/aromatic N) is 2. The second-order valence-electron chi connectivity index (χ2n) is 18.7. The van der Waals surface area contributed by atoms with Gasteiger partial charge in [0.1, 0.15) is 48.8 Å². The molecule has 14 nitrogen and oxygen atoms in total. The van der Waals surface area contributed by atoms with E-state index in [2.05, 4.69) is 13.8 Å². The lowest BCUT2D eigenvalue weighted by atomic mass is 10.0. The van der Waals surface area contributed by atoms with E-state index in [0.717, 1.165) is 89.9 Å². The van der Waals surface area contributed by atoms with Gasteiger partial charge < -0.3 is 60.9 Å². The molecule has 0 saturated carbocycles. The molecular formula is C50H100N2O12. The van der Waals surface area contributed by atoms with Gasteiger partial charge >= 0.3 is 0 Å². The number of amides is 2. The molecule has 0 fully saturated rings. The predicted molar refractivity (Wildman–Crippen MR) is 254 cm³/mol. The van der Waals surface area contributed by atoms with E-state index in [1.54, 1.807) is 0 Å². The Labute approximate surface area is 388 Å². The van der Waals surface area contributed by atoms with Crippen LogP contribution in [0.25, 0.3) is 0 Å². The average Bonchev–Trinajstić information content (AvgIpc) is 3.30. The SMILES string of the molecule is CCCCCCCCCCCCCC(=O)N(CCCCCCCCCCN(C[C@H](O)[C@@H](O)[C@H](O)[C@H](O)CO)C(=O)CCCCCCCCCCCCC)C[C@H](O)[C@@H](O)[C@H](O)[C@H](O)CO.